The first-order valence-corrected chi connectivity index (χ1v) is 15.3. The topological polar surface area (TPSA) is 132 Å². The molecule has 4 aromatic heterocycles. The van der Waals surface area contributed by atoms with E-state index in [0.717, 1.165) is 55.4 Å². The van der Waals surface area contributed by atoms with Crippen molar-refractivity contribution in [1.29, 1.82) is 5.26 Å². The van der Waals surface area contributed by atoms with Gasteiger partial charge in [-0.15, -0.1) is 11.3 Å². The minimum absolute atomic E-state index is 0.0655. The number of hydrogen-bond acceptors (Lipinski definition) is 10. The Morgan fingerprint density at radius 1 is 1.24 bits per heavy atom. The Labute approximate surface area is 247 Å². The van der Waals surface area contributed by atoms with E-state index in [1.807, 2.05) is 38.2 Å². The van der Waals surface area contributed by atoms with E-state index >= 15 is 0 Å². The molecule has 1 spiro atoms. The zero-order chi connectivity index (χ0) is 29.2. The number of thiophene rings is 1. The van der Waals surface area contributed by atoms with E-state index in [4.69, 9.17) is 25.0 Å². The molecule has 1 aliphatic heterocycles. The van der Waals surface area contributed by atoms with Gasteiger partial charge in [-0.25, -0.2) is 9.37 Å². The monoisotopic (exact) mass is 588 g/mol. The molecule has 1 saturated heterocycles. The number of anilines is 1. The lowest BCUT2D eigenvalue weighted by Crippen LogP contribution is -2.38. The molecule has 0 amide bonds. The summed E-state index contributed by atoms with van der Waals surface area (Å²) in [6.45, 7) is 2.34. The summed E-state index contributed by atoms with van der Waals surface area (Å²) in [5.41, 5.74) is 10.3. The third-order valence-corrected chi connectivity index (χ3v) is 10.2. The lowest BCUT2D eigenvalue weighted by Gasteiger charge is -2.39. The Balaban J connectivity index is 1.32. The van der Waals surface area contributed by atoms with E-state index < -0.39 is 11.6 Å². The summed E-state index contributed by atoms with van der Waals surface area (Å²) >= 11 is 1.52. The van der Waals surface area contributed by atoms with Gasteiger partial charge in [0.25, 0.3) is 0 Å². The molecule has 4 atom stereocenters. The molecule has 0 saturated carbocycles. The summed E-state index contributed by atoms with van der Waals surface area (Å²) in [5.74, 6) is 1.57. The lowest BCUT2D eigenvalue weighted by atomic mass is 9.63. The van der Waals surface area contributed by atoms with Crippen LogP contribution in [0.25, 0.3) is 22.9 Å². The van der Waals surface area contributed by atoms with Gasteiger partial charge >= 0.3 is 0 Å². The van der Waals surface area contributed by atoms with Gasteiger partial charge in [-0.3, -0.25) is 9.58 Å². The van der Waals surface area contributed by atoms with Gasteiger partial charge in [0.1, 0.15) is 29.0 Å². The highest BCUT2D eigenvalue weighted by Crippen LogP contribution is 2.55. The molecule has 2 aliphatic carbocycles. The number of nitrogens with two attached hydrogens (primary N) is 1. The molecule has 3 aliphatic rings. The van der Waals surface area contributed by atoms with Crippen molar-refractivity contribution in [2.75, 3.05) is 19.3 Å². The highest BCUT2D eigenvalue weighted by molar-refractivity contribution is 7.16. The Morgan fingerprint density at radius 2 is 2.05 bits per heavy atom. The van der Waals surface area contributed by atoms with Crippen LogP contribution < -0.4 is 10.5 Å². The molecular formula is C30H33FN8O2S. The van der Waals surface area contributed by atoms with Crippen LogP contribution in [-0.2, 0) is 25.3 Å². The van der Waals surface area contributed by atoms with Crippen LogP contribution in [0.5, 0.6) is 5.88 Å². The molecule has 4 aromatic rings. The minimum atomic E-state index is -0.870. The van der Waals surface area contributed by atoms with Gasteiger partial charge in [-0.1, -0.05) is 5.16 Å². The fourth-order valence-corrected chi connectivity index (χ4v) is 8.44. The van der Waals surface area contributed by atoms with Crippen LogP contribution in [0.2, 0.25) is 0 Å². The summed E-state index contributed by atoms with van der Waals surface area (Å²) in [7, 11) is 3.77. The second kappa shape index (κ2) is 10.2. The number of nitrogens with zero attached hydrogens (tertiary/aromatic N) is 7. The molecule has 42 heavy (non-hydrogen) atoms. The fraction of sp³-hybridized carbons (Fsp3) is 0.500. The molecule has 0 radical (unpaired) electrons. The van der Waals surface area contributed by atoms with Crippen molar-refractivity contribution in [3.8, 4) is 34.9 Å². The first-order valence-electron chi connectivity index (χ1n) is 14.5. The van der Waals surface area contributed by atoms with Gasteiger partial charge in [0.05, 0.1) is 16.7 Å². The first-order chi connectivity index (χ1) is 20.3. The van der Waals surface area contributed by atoms with E-state index in [-0.39, 0.29) is 12.1 Å². The number of alkyl halides is 1. The van der Waals surface area contributed by atoms with Crippen LogP contribution >= 0.6 is 11.3 Å². The molecule has 0 unspecified atom stereocenters. The van der Waals surface area contributed by atoms with E-state index in [0.29, 0.717) is 52.3 Å². The van der Waals surface area contributed by atoms with Gasteiger partial charge < -0.3 is 15.0 Å². The van der Waals surface area contributed by atoms with Gasteiger partial charge in [0.15, 0.2) is 17.3 Å². The highest BCUT2D eigenvalue weighted by atomic mass is 32.1. The number of ether oxygens (including phenoxy) is 1. The molecule has 0 bridgehead atoms. The number of nitrogen functional groups attached to an aromatic ring is 1. The van der Waals surface area contributed by atoms with Crippen molar-refractivity contribution in [2.24, 2.45) is 7.05 Å². The van der Waals surface area contributed by atoms with Crippen LogP contribution in [0.3, 0.4) is 0 Å². The van der Waals surface area contributed by atoms with Crippen LogP contribution in [0.15, 0.2) is 22.9 Å². The van der Waals surface area contributed by atoms with E-state index in [1.165, 1.54) is 16.2 Å². The maximum absolute atomic E-state index is 14.1. The third kappa shape index (κ3) is 4.29. The normalized spacial score (nSPS) is 24.4. The van der Waals surface area contributed by atoms with Crippen LogP contribution in [0, 0.1) is 11.3 Å². The Hall–Kier alpha value is -3.82. The number of rotatable bonds is 5. The van der Waals surface area contributed by atoms with Gasteiger partial charge in [-0.05, 0) is 70.5 Å². The summed E-state index contributed by atoms with van der Waals surface area (Å²) in [6.07, 6.45) is 6.44. The molecule has 0 aromatic carbocycles. The third-order valence-electron chi connectivity index (χ3n) is 9.15. The zero-order valence-corrected chi connectivity index (χ0v) is 24.7. The molecule has 10 nitrogen and oxygen atoms in total. The van der Waals surface area contributed by atoms with Crippen molar-refractivity contribution < 1.29 is 13.7 Å². The second-order valence-electron chi connectivity index (χ2n) is 11.8. The SMILES string of the molecule is C[C@H](Oc1cc(-c2ccn(C)n2)nc(-c2noc3c2CCC[C@@]32CCCc3sc(N)c(C#N)c32)n1)[C@@H]1C[C@@H](F)CN1C. The van der Waals surface area contributed by atoms with E-state index in [9.17, 15) is 9.65 Å². The van der Waals surface area contributed by atoms with Crippen LogP contribution in [0.1, 0.15) is 66.4 Å². The number of likely N-dealkylation sites (tertiary alicyclic amines) is 1. The number of aromatic nitrogens is 5. The summed E-state index contributed by atoms with van der Waals surface area (Å²) < 4.78 is 28.4. The van der Waals surface area contributed by atoms with E-state index in [2.05, 4.69) is 16.3 Å². The van der Waals surface area contributed by atoms with Crippen molar-refractivity contribution in [3.05, 3.63) is 45.7 Å². The number of nitriles is 1. The molecule has 1 fully saturated rings. The summed E-state index contributed by atoms with van der Waals surface area (Å²) in [6, 6.07) is 5.97. The zero-order valence-electron chi connectivity index (χ0n) is 23.9. The van der Waals surface area contributed by atoms with Gasteiger partial charge in [0, 0.05) is 42.3 Å². The molecule has 12 heteroatoms. The van der Waals surface area contributed by atoms with Crippen molar-refractivity contribution in [2.45, 2.75) is 75.6 Å². The maximum atomic E-state index is 14.1. The molecule has 7 rings (SSSR count). The number of likely N-dealkylation sites (N-methyl/N-ethyl adjacent to an activating group) is 1. The average Bonchev–Trinajstić information content (AvgIpc) is 3.74. The van der Waals surface area contributed by atoms with Gasteiger partial charge in [-0.2, -0.15) is 15.3 Å². The maximum Gasteiger partial charge on any atom is 0.217 e. The minimum Gasteiger partial charge on any atom is -0.473 e. The molecule has 2 N–H and O–H groups in total. The Morgan fingerprint density at radius 3 is 2.76 bits per heavy atom. The second-order valence-corrected chi connectivity index (χ2v) is 13.0. The summed E-state index contributed by atoms with van der Waals surface area (Å²) in [4.78, 5) is 12.9. The predicted molar refractivity (Wildman–Crippen MR) is 156 cm³/mol. The van der Waals surface area contributed by atoms with E-state index in [1.54, 1.807) is 10.7 Å². The number of hydrogen-bond donors (Lipinski definition) is 1. The standard InChI is InChI=1S/C30H33FN8O2S/c1-16(22-12-17(31)15-38(22)2)40-24-13-21(20-8-11-39(3)36-20)34-29(35-24)26-18-6-4-9-30(27(18)41-37-26)10-5-7-23-25(30)19(14-32)28(33)42-23/h8,11,13,16-17,22H,4-7,9-10,12,15,33H2,1-3H3/t16-,17+,22-,30-/m0/s1. The smallest absolute Gasteiger partial charge is 0.217 e. The average molecular weight is 589 g/mol. The molecule has 5 heterocycles. The first kappa shape index (κ1) is 27.0. The Kier molecular flexibility index (Phi) is 6.55. The Bertz CT molecular complexity index is 1700. The number of fused-ring (bicyclic) bond motifs is 4. The molecule has 218 valence electrons. The number of halogens is 1. The molecular weight excluding hydrogens is 555 g/mol. The van der Waals surface area contributed by atoms with Crippen molar-refractivity contribution >= 4 is 16.3 Å². The highest BCUT2D eigenvalue weighted by Gasteiger charge is 2.49. The van der Waals surface area contributed by atoms with Crippen LogP contribution in [0.4, 0.5) is 9.39 Å². The largest absolute Gasteiger partial charge is 0.473 e. The number of aryl methyl sites for hydroxylation is 2. The fourth-order valence-electron chi connectivity index (χ4n) is 7.27. The predicted octanol–water partition coefficient (Wildman–Crippen LogP) is 4.82. The lowest BCUT2D eigenvalue weighted by molar-refractivity contribution is 0.117. The quantitative estimate of drug-likeness (QED) is 0.349. The van der Waals surface area contributed by atoms with Crippen molar-refractivity contribution in [1.82, 2.24) is 29.8 Å². The van der Waals surface area contributed by atoms with Gasteiger partial charge in [0.2, 0.25) is 5.88 Å². The summed E-state index contributed by atoms with van der Waals surface area (Å²) in [5, 5.41) is 19.7. The van der Waals surface area contributed by atoms with Crippen molar-refractivity contribution in [3.63, 3.8) is 0 Å². The van der Waals surface area contributed by atoms with Crippen LogP contribution in [-0.4, -0.2) is 61.7 Å².